The van der Waals surface area contributed by atoms with Crippen LogP contribution in [0, 0.1) is 6.92 Å². The molecule has 140 valence electrons. The van der Waals surface area contributed by atoms with E-state index < -0.39 is 10.0 Å². The van der Waals surface area contributed by atoms with Gasteiger partial charge in [-0.25, -0.2) is 8.42 Å². The van der Waals surface area contributed by atoms with Crippen molar-refractivity contribution in [2.75, 3.05) is 25.1 Å². The van der Waals surface area contributed by atoms with Crippen LogP contribution in [0.5, 0.6) is 0 Å². The Morgan fingerprint density at radius 3 is 2.35 bits per heavy atom. The minimum absolute atomic E-state index is 0.178. The van der Waals surface area contributed by atoms with Crippen molar-refractivity contribution in [2.24, 2.45) is 0 Å². The van der Waals surface area contributed by atoms with E-state index in [9.17, 15) is 13.2 Å². The standard InChI is InChI=1S/C19H24N2O3S2/c1-16-8-10-18(11-9-16)25-13-12-20-19(22)15-21(26(2,23)24)14-17-6-4-3-5-7-17/h3-11H,12-15H2,1-2H3,(H,20,22). The van der Waals surface area contributed by atoms with Gasteiger partial charge in [0.25, 0.3) is 0 Å². The Balaban J connectivity index is 1.80. The van der Waals surface area contributed by atoms with Crippen molar-refractivity contribution in [3.8, 4) is 0 Å². The van der Waals surface area contributed by atoms with Crippen LogP contribution in [-0.4, -0.2) is 43.7 Å². The van der Waals surface area contributed by atoms with Crippen LogP contribution in [0.25, 0.3) is 0 Å². The van der Waals surface area contributed by atoms with Crippen molar-refractivity contribution in [2.45, 2.75) is 18.4 Å². The summed E-state index contributed by atoms with van der Waals surface area (Å²) < 4.78 is 25.1. The molecular formula is C19H24N2O3S2. The van der Waals surface area contributed by atoms with Gasteiger partial charge in [-0.3, -0.25) is 4.79 Å². The zero-order chi connectivity index (χ0) is 19.0. The Bertz CT molecular complexity index is 806. The Labute approximate surface area is 159 Å². The molecule has 0 aliphatic rings. The van der Waals surface area contributed by atoms with Crippen LogP contribution in [0.15, 0.2) is 59.5 Å². The molecule has 2 aromatic carbocycles. The molecule has 0 radical (unpaired) electrons. The lowest BCUT2D eigenvalue weighted by Crippen LogP contribution is -2.40. The van der Waals surface area contributed by atoms with Gasteiger partial charge in [0.15, 0.2) is 0 Å². The van der Waals surface area contributed by atoms with E-state index in [1.807, 2.05) is 49.4 Å². The van der Waals surface area contributed by atoms with Gasteiger partial charge >= 0.3 is 0 Å². The van der Waals surface area contributed by atoms with E-state index in [0.717, 1.165) is 22.5 Å². The van der Waals surface area contributed by atoms with Crippen molar-refractivity contribution in [1.82, 2.24) is 9.62 Å². The van der Waals surface area contributed by atoms with Gasteiger partial charge in [-0.15, -0.1) is 11.8 Å². The lowest BCUT2D eigenvalue weighted by molar-refractivity contribution is -0.121. The van der Waals surface area contributed by atoms with Crippen LogP contribution in [0.4, 0.5) is 0 Å². The molecule has 2 rings (SSSR count). The Morgan fingerprint density at radius 2 is 1.73 bits per heavy atom. The fraction of sp³-hybridized carbons (Fsp3) is 0.316. The molecule has 0 unspecified atom stereocenters. The van der Waals surface area contributed by atoms with Gasteiger partial charge in [0, 0.05) is 23.7 Å². The Morgan fingerprint density at radius 1 is 1.08 bits per heavy atom. The fourth-order valence-corrected chi connectivity index (χ4v) is 3.79. The number of nitrogens with one attached hydrogen (secondary N) is 1. The summed E-state index contributed by atoms with van der Waals surface area (Å²) in [7, 11) is -3.47. The lowest BCUT2D eigenvalue weighted by atomic mass is 10.2. The van der Waals surface area contributed by atoms with E-state index in [0.29, 0.717) is 6.54 Å². The number of nitrogens with zero attached hydrogens (tertiary/aromatic N) is 1. The molecule has 0 aliphatic carbocycles. The molecule has 0 bridgehead atoms. The first-order chi connectivity index (χ1) is 12.3. The largest absolute Gasteiger partial charge is 0.354 e. The lowest BCUT2D eigenvalue weighted by Gasteiger charge is -2.19. The summed E-state index contributed by atoms with van der Waals surface area (Å²) in [4.78, 5) is 13.3. The first kappa shape index (κ1) is 20.5. The minimum Gasteiger partial charge on any atom is -0.354 e. The molecule has 5 nitrogen and oxygen atoms in total. The average molecular weight is 393 g/mol. The minimum atomic E-state index is -3.47. The number of carbonyl (C=O) groups excluding carboxylic acids is 1. The molecule has 0 spiro atoms. The molecule has 0 aromatic heterocycles. The zero-order valence-corrected chi connectivity index (χ0v) is 16.6. The van der Waals surface area contributed by atoms with E-state index in [1.165, 1.54) is 9.87 Å². The normalized spacial score (nSPS) is 11.5. The van der Waals surface area contributed by atoms with Crippen LogP contribution >= 0.6 is 11.8 Å². The van der Waals surface area contributed by atoms with Crippen LogP contribution < -0.4 is 5.32 Å². The van der Waals surface area contributed by atoms with Crippen LogP contribution in [0.1, 0.15) is 11.1 Å². The first-order valence-electron chi connectivity index (χ1n) is 8.30. The van der Waals surface area contributed by atoms with E-state index in [4.69, 9.17) is 0 Å². The van der Waals surface area contributed by atoms with E-state index in [2.05, 4.69) is 17.4 Å². The van der Waals surface area contributed by atoms with Gasteiger partial charge in [-0.05, 0) is 24.6 Å². The summed E-state index contributed by atoms with van der Waals surface area (Å²) in [5, 5.41) is 2.79. The molecule has 0 fully saturated rings. The molecule has 0 saturated heterocycles. The van der Waals surface area contributed by atoms with Crippen molar-refractivity contribution in [1.29, 1.82) is 0 Å². The second kappa shape index (κ2) is 9.75. The second-order valence-corrected chi connectivity index (χ2v) is 9.18. The summed E-state index contributed by atoms with van der Waals surface area (Å²) in [6, 6.07) is 17.4. The molecule has 0 saturated carbocycles. The maximum atomic E-state index is 12.1. The fourth-order valence-electron chi connectivity index (χ4n) is 2.29. The molecule has 0 aliphatic heterocycles. The summed E-state index contributed by atoms with van der Waals surface area (Å²) in [6.45, 7) is 2.53. The molecule has 0 heterocycles. The molecule has 7 heteroatoms. The number of hydrogen-bond acceptors (Lipinski definition) is 4. The summed E-state index contributed by atoms with van der Waals surface area (Å²) in [5.74, 6) is 0.433. The maximum absolute atomic E-state index is 12.1. The molecule has 0 atom stereocenters. The van der Waals surface area contributed by atoms with Gasteiger partial charge in [0.1, 0.15) is 0 Å². The average Bonchev–Trinajstić information content (AvgIpc) is 2.60. The number of hydrogen-bond donors (Lipinski definition) is 1. The van der Waals surface area contributed by atoms with E-state index in [1.54, 1.807) is 11.8 Å². The van der Waals surface area contributed by atoms with Crippen LogP contribution in [-0.2, 0) is 21.4 Å². The predicted molar refractivity (Wildman–Crippen MR) is 107 cm³/mol. The number of amides is 1. The van der Waals surface area contributed by atoms with Gasteiger partial charge in [0.2, 0.25) is 15.9 Å². The highest BCUT2D eigenvalue weighted by molar-refractivity contribution is 7.99. The quantitative estimate of drug-likeness (QED) is 0.526. The van der Waals surface area contributed by atoms with Crippen molar-refractivity contribution >= 4 is 27.7 Å². The SMILES string of the molecule is Cc1ccc(SCCNC(=O)CN(Cc2ccccc2)S(C)(=O)=O)cc1. The van der Waals surface area contributed by atoms with Crippen LogP contribution in [0.3, 0.4) is 0 Å². The Kier molecular flexibility index (Phi) is 7.68. The summed E-state index contributed by atoms with van der Waals surface area (Å²) in [6.07, 6.45) is 1.12. The monoisotopic (exact) mass is 392 g/mol. The number of rotatable bonds is 9. The highest BCUT2D eigenvalue weighted by Crippen LogP contribution is 2.17. The molecule has 26 heavy (non-hydrogen) atoms. The second-order valence-electron chi connectivity index (χ2n) is 6.03. The first-order valence-corrected chi connectivity index (χ1v) is 11.1. The third-order valence-corrected chi connectivity index (χ3v) is 5.91. The third-order valence-electron chi connectivity index (χ3n) is 3.70. The predicted octanol–water partition coefficient (Wildman–Crippen LogP) is 2.67. The molecule has 2 aromatic rings. The van der Waals surface area contributed by atoms with Gasteiger partial charge in [-0.2, -0.15) is 4.31 Å². The van der Waals surface area contributed by atoms with Crippen molar-refractivity contribution in [3.05, 3.63) is 65.7 Å². The molecular weight excluding hydrogens is 368 g/mol. The third kappa shape index (κ3) is 7.19. The molecule has 1 amide bonds. The van der Waals surface area contributed by atoms with Crippen molar-refractivity contribution < 1.29 is 13.2 Å². The van der Waals surface area contributed by atoms with Gasteiger partial charge in [0.05, 0.1) is 12.8 Å². The topological polar surface area (TPSA) is 66.5 Å². The summed E-state index contributed by atoms with van der Waals surface area (Å²) in [5.41, 5.74) is 2.06. The number of benzene rings is 2. The maximum Gasteiger partial charge on any atom is 0.235 e. The summed E-state index contributed by atoms with van der Waals surface area (Å²) >= 11 is 1.65. The number of sulfonamides is 1. The highest BCUT2D eigenvalue weighted by Gasteiger charge is 2.20. The van der Waals surface area contributed by atoms with Crippen LogP contribution in [0.2, 0.25) is 0 Å². The Hall–Kier alpha value is -1.83. The van der Waals surface area contributed by atoms with E-state index >= 15 is 0 Å². The number of aryl methyl sites for hydroxylation is 1. The number of carbonyl (C=O) groups is 1. The van der Waals surface area contributed by atoms with Gasteiger partial charge < -0.3 is 5.32 Å². The van der Waals surface area contributed by atoms with Crippen molar-refractivity contribution in [3.63, 3.8) is 0 Å². The van der Waals surface area contributed by atoms with Gasteiger partial charge in [-0.1, -0.05) is 48.0 Å². The highest BCUT2D eigenvalue weighted by atomic mass is 32.2. The zero-order valence-electron chi connectivity index (χ0n) is 15.0. The molecule has 1 N–H and O–H groups in total. The van der Waals surface area contributed by atoms with E-state index in [-0.39, 0.29) is 19.0 Å². The smallest absolute Gasteiger partial charge is 0.235 e. The number of thioether (sulfide) groups is 1.